The van der Waals surface area contributed by atoms with E-state index in [0.29, 0.717) is 16.1 Å². The fourth-order valence-corrected chi connectivity index (χ4v) is 2.00. The van der Waals surface area contributed by atoms with Crippen molar-refractivity contribution in [3.05, 3.63) is 28.0 Å². The number of halogens is 2. The van der Waals surface area contributed by atoms with E-state index in [1.165, 1.54) is 6.07 Å². The summed E-state index contributed by atoms with van der Waals surface area (Å²) in [6.07, 6.45) is 0. The zero-order chi connectivity index (χ0) is 14.9. The number of nitrogen functional groups attached to an aromatic ring is 1. The van der Waals surface area contributed by atoms with Crippen molar-refractivity contribution in [2.45, 2.75) is 6.92 Å². The predicted octanol–water partition coefficient (Wildman–Crippen LogP) is 2.47. The monoisotopic (exact) mass is 340 g/mol. The summed E-state index contributed by atoms with van der Waals surface area (Å²) in [4.78, 5) is 13.9. The molecule has 0 radical (unpaired) electrons. The molecule has 0 saturated heterocycles. The Morgan fingerprint density at radius 3 is 2.60 bits per heavy atom. The number of aromatic nitrogens is 3. The van der Waals surface area contributed by atoms with Gasteiger partial charge in [-0.15, -0.1) is 0 Å². The molecule has 3 N–H and O–H groups in total. The topological polar surface area (TPSA) is 80.0 Å². The molecule has 2 rings (SSSR count). The van der Waals surface area contributed by atoms with Crippen LogP contribution in [0.3, 0.4) is 0 Å². The molecule has 0 unspecified atom stereocenters. The van der Waals surface area contributed by atoms with E-state index in [2.05, 4.69) is 36.2 Å². The molecule has 8 heteroatoms. The Bertz CT molecular complexity index is 646. The second kappa shape index (κ2) is 5.58. The molecule has 6 nitrogen and oxygen atoms in total. The first-order valence-electron chi connectivity index (χ1n) is 5.78. The first-order chi connectivity index (χ1) is 9.36. The van der Waals surface area contributed by atoms with Crippen LogP contribution in [0.5, 0.6) is 0 Å². The Balaban J connectivity index is 2.37. The normalized spacial score (nSPS) is 10.4. The molecule has 2 aromatic rings. The fourth-order valence-electron chi connectivity index (χ4n) is 1.54. The number of nitrogens with zero attached hydrogens (tertiary/aromatic N) is 4. The largest absolute Gasteiger partial charge is 0.368 e. The van der Waals surface area contributed by atoms with Crippen LogP contribution < -0.4 is 16.0 Å². The van der Waals surface area contributed by atoms with Crippen molar-refractivity contribution in [1.29, 1.82) is 0 Å². The van der Waals surface area contributed by atoms with E-state index in [1.807, 2.05) is 6.92 Å². The molecule has 1 aromatic heterocycles. The van der Waals surface area contributed by atoms with Gasteiger partial charge in [0.15, 0.2) is 0 Å². The molecule has 1 heterocycles. The van der Waals surface area contributed by atoms with Crippen LogP contribution in [0.4, 0.5) is 27.9 Å². The van der Waals surface area contributed by atoms with Gasteiger partial charge in [-0.05, 0) is 40.5 Å². The number of anilines is 4. The van der Waals surface area contributed by atoms with Crippen LogP contribution in [-0.4, -0.2) is 29.0 Å². The van der Waals surface area contributed by atoms with Crippen molar-refractivity contribution in [3.63, 3.8) is 0 Å². The molecule has 0 bridgehead atoms. The van der Waals surface area contributed by atoms with E-state index >= 15 is 0 Å². The van der Waals surface area contributed by atoms with E-state index < -0.39 is 0 Å². The molecule has 1 aromatic carbocycles. The Morgan fingerprint density at radius 2 is 1.95 bits per heavy atom. The quantitative estimate of drug-likeness (QED) is 0.893. The number of hydrogen-bond donors (Lipinski definition) is 2. The number of nitrogens with one attached hydrogen (secondary N) is 1. The summed E-state index contributed by atoms with van der Waals surface area (Å²) < 4.78 is 14.0. The lowest BCUT2D eigenvalue weighted by Gasteiger charge is -2.13. The van der Waals surface area contributed by atoms with Crippen molar-refractivity contribution in [2.24, 2.45) is 0 Å². The summed E-state index contributed by atoms with van der Waals surface area (Å²) in [6, 6.07) is 3.05. The van der Waals surface area contributed by atoms with Gasteiger partial charge in [0.05, 0.1) is 4.47 Å². The van der Waals surface area contributed by atoms with Crippen molar-refractivity contribution in [3.8, 4) is 0 Å². The van der Waals surface area contributed by atoms with Crippen LogP contribution in [0, 0.1) is 12.7 Å². The third-order valence-corrected chi connectivity index (χ3v) is 3.16. The highest BCUT2D eigenvalue weighted by Gasteiger charge is 2.10. The molecule has 0 aliphatic rings. The summed E-state index contributed by atoms with van der Waals surface area (Å²) in [5.74, 6) is 0.427. The number of hydrogen-bond acceptors (Lipinski definition) is 6. The van der Waals surface area contributed by atoms with Crippen LogP contribution in [0.1, 0.15) is 5.56 Å². The van der Waals surface area contributed by atoms with Crippen molar-refractivity contribution in [2.75, 3.05) is 30.0 Å². The van der Waals surface area contributed by atoms with Gasteiger partial charge in [0.2, 0.25) is 17.8 Å². The van der Waals surface area contributed by atoms with Crippen molar-refractivity contribution in [1.82, 2.24) is 15.0 Å². The van der Waals surface area contributed by atoms with Gasteiger partial charge >= 0.3 is 0 Å². The van der Waals surface area contributed by atoms with Gasteiger partial charge in [-0.3, -0.25) is 0 Å². The van der Waals surface area contributed by atoms with Crippen LogP contribution in [0.25, 0.3) is 0 Å². The standard InChI is InChI=1S/C12H14BrFN6/c1-6-4-7(13)8(14)5-9(6)16-11-17-10(15)18-12(19-11)20(2)3/h4-5H,1-3H3,(H3,15,16,17,18,19). The molecule has 106 valence electrons. The average Bonchev–Trinajstić information content (AvgIpc) is 2.35. The van der Waals surface area contributed by atoms with Crippen LogP contribution in [0.2, 0.25) is 0 Å². The molecule has 0 fully saturated rings. The van der Waals surface area contributed by atoms with Crippen LogP contribution >= 0.6 is 15.9 Å². The maximum atomic E-state index is 13.6. The van der Waals surface area contributed by atoms with Crippen molar-refractivity contribution < 1.29 is 4.39 Å². The molecule has 20 heavy (non-hydrogen) atoms. The zero-order valence-electron chi connectivity index (χ0n) is 11.3. The Morgan fingerprint density at radius 1 is 1.25 bits per heavy atom. The third-order valence-electron chi connectivity index (χ3n) is 2.55. The van der Waals surface area contributed by atoms with Gasteiger partial charge in [0.25, 0.3) is 0 Å². The lowest BCUT2D eigenvalue weighted by Crippen LogP contribution is -2.15. The second-order valence-electron chi connectivity index (χ2n) is 4.42. The second-order valence-corrected chi connectivity index (χ2v) is 5.27. The average molecular weight is 341 g/mol. The molecule has 0 amide bonds. The number of nitrogens with two attached hydrogens (primary N) is 1. The van der Waals surface area contributed by atoms with E-state index in [0.717, 1.165) is 5.56 Å². The SMILES string of the molecule is Cc1cc(Br)c(F)cc1Nc1nc(N)nc(N(C)C)n1. The highest BCUT2D eigenvalue weighted by Crippen LogP contribution is 2.26. The number of rotatable bonds is 3. The zero-order valence-corrected chi connectivity index (χ0v) is 12.9. The highest BCUT2D eigenvalue weighted by molar-refractivity contribution is 9.10. The summed E-state index contributed by atoms with van der Waals surface area (Å²) >= 11 is 3.14. The molecular weight excluding hydrogens is 327 g/mol. The maximum Gasteiger partial charge on any atom is 0.233 e. The molecule has 0 saturated carbocycles. The third kappa shape index (κ3) is 3.13. The lowest BCUT2D eigenvalue weighted by molar-refractivity contribution is 0.621. The predicted molar refractivity (Wildman–Crippen MR) is 80.7 cm³/mol. The summed E-state index contributed by atoms with van der Waals surface area (Å²) in [5.41, 5.74) is 7.05. The van der Waals surface area contributed by atoms with Gasteiger partial charge in [-0.25, -0.2) is 4.39 Å². The lowest BCUT2D eigenvalue weighted by atomic mass is 10.2. The van der Waals surface area contributed by atoms with Gasteiger partial charge in [-0.2, -0.15) is 15.0 Å². The fraction of sp³-hybridized carbons (Fsp3) is 0.250. The Hall–Kier alpha value is -1.96. The van der Waals surface area contributed by atoms with Crippen LogP contribution in [-0.2, 0) is 0 Å². The smallest absolute Gasteiger partial charge is 0.233 e. The van der Waals surface area contributed by atoms with Gasteiger partial charge < -0.3 is 16.0 Å². The molecule has 0 aliphatic heterocycles. The van der Waals surface area contributed by atoms with E-state index in [9.17, 15) is 4.39 Å². The molecule has 0 spiro atoms. The van der Waals surface area contributed by atoms with Gasteiger partial charge in [0.1, 0.15) is 5.82 Å². The maximum absolute atomic E-state index is 13.6. The first-order valence-corrected chi connectivity index (χ1v) is 6.57. The Labute approximate surface area is 124 Å². The van der Waals surface area contributed by atoms with Crippen molar-refractivity contribution >= 4 is 39.5 Å². The molecule has 0 atom stereocenters. The molecular formula is C12H14BrFN6. The first kappa shape index (κ1) is 14.4. The highest BCUT2D eigenvalue weighted by atomic mass is 79.9. The Kier molecular flexibility index (Phi) is 4.03. The van der Waals surface area contributed by atoms with Gasteiger partial charge in [-0.1, -0.05) is 0 Å². The summed E-state index contributed by atoms with van der Waals surface area (Å²) in [6.45, 7) is 1.85. The van der Waals surface area contributed by atoms with E-state index in [4.69, 9.17) is 5.73 Å². The van der Waals surface area contributed by atoms with E-state index in [1.54, 1.807) is 25.1 Å². The molecule has 0 aliphatic carbocycles. The minimum atomic E-state index is -0.368. The van der Waals surface area contributed by atoms with Crippen LogP contribution in [0.15, 0.2) is 16.6 Å². The van der Waals surface area contributed by atoms with Gasteiger partial charge in [0, 0.05) is 19.8 Å². The minimum absolute atomic E-state index is 0.0986. The summed E-state index contributed by atoms with van der Waals surface area (Å²) in [7, 11) is 3.59. The minimum Gasteiger partial charge on any atom is -0.368 e. The number of benzene rings is 1. The number of aryl methyl sites for hydroxylation is 1. The van der Waals surface area contributed by atoms with E-state index in [-0.39, 0.29) is 17.7 Å². The summed E-state index contributed by atoms with van der Waals surface area (Å²) in [5, 5.41) is 2.95.